The third-order valence-electron chi connectivity index (χ3n) is 3.66. The van der Waals surface area contributed by atoms with Crippen LogP contribution < -0.4 is 5.32 Å². The van der Waals surface area contributed by atoms with Crippen LogP contribution in [0.5, 0.6) is 5.75 Å². The van der Waals surface area contributed by atoms with E-state index in [1.54, 1.807) is 12.1 Å². The normalized spacial score (nSPS) is 10.9. The highest BCUT2D eigenvalue weighted by molar-refractivity contribution is 6.12. The van der Waals surface area contributed by atoms with E-state index in [1.807, 2.05) is 43.3 Å². The molecule has 105 valence electrons. The van der Waals surface area contributed by atoms with Crippen molar-refractivity contribution in [1.29, 1.82) is 0 Å². The van der Waals surface area contributed by atoms with E-state index in [0.717, 1.165) is 22.6 Å². The molecule has 3 aromatic carbocycles. The Morgan fingerprint density at radius 3 is 2.52 bits per heavy atom. The van der Waals surface area contributed by atoms with Gasteiger partial charge in [-0.2, -0.15) is 0 Å². The topological polar surface area (TPSA) is 49.0 Å². The van der Waals surface area contributed by atoms with Gasteiger partial charge in [-0.05, 0) is 34.7 Å². The maximum atomic E-state index is 12.5. The lowest BCUT2D eigenvalue weighted by molar-refractivity contribution is 0.0949. The summed E-state index contributed by atoms with van der Waals surface area (Å²) in [5.41, 5.74) is 0.214. The first-order valence-corrected chi connectivity index (χ1v) is 7.12. The molecular weight excluding hydrogens is 262 g/mol. The molecule has 3 rings (SSSR count). The lowest BCUT2D eigenvalue weighted by Gasteiger charge is -2.08. The van der Waals surface area contributed by atoms with Crippen molar-refractivity contribution >= 4 is 27.5 Å². The molecule has 0 aliphatic rings. The fraction of sp³-hybridized carbons (Fsp3) is 0.167. The van der Waals surface area contributed by atoms with Gasteiger partial charge in [0.1, 0.15) is 0 Å². The number of amides is 1. The molecule has 1 radical (unpaired) electrons. The first-order chi connectivity index (χ1) is 10.2. The number of hydrogen-bond donors (Lipinski definition) is 1. The number of carbonyl (C=O) groups excluding carboxylic acids is 1. The number of carbonyl (C=O) groups is 1. The molecule has 3 heteroatoms. The molecule has 21 heavy (non-hydrogen) atoms. The molecule has 1 amide bonds. The van der Waals surface area contributed by atoms with E-state index < -0.39 is 0 Å². The minimum Gasteiger partial charge on any atom is -0.352 e. The van der Waals surface area contributed by atoms with Gasteiger partial charge in [0.25, 0.3) is 5.91 Å². The van der Waals surface area contributed by atoms with Crippen molar-refractivity contribution in [1.82, 2.24) is 5.32 Å². The molecule has 3 nitrogen and oxygen atoms in total. The Labute approximate surface area is 123 Å². The lowest BCUT2D eigenvalue weighted by atomic mass is 9.99. The van der Waals surface area contributed by atoms with Gasteiger partial charge in [0.2, 0.25) is 0 Å². The van der Waals surface area contributed by atoms with E-state index in [4.69, 9.17) is 0 Å². The number of rotatable bonds is 3. The fourth-order valence-electron chi connectivity index (χ4n) is 2.57. The van der Waals surface area contributed by atoms with Crippen molar-refractivity contribution < 1.29 is 9.90 Å². The summed E-state index contributed by atoms with van der Waals surface area (Å²) < 4.78 is 0. The molecule has 0 aliphatic heterocycles. The zero-order valence-corrected chi connectivity index (χ0v) is 11.8. The van der Waals surface area contributed by atoms with Crippen LogP contribution in [0.3, 0.4) is 0 Å². The number of nitrogens with one attached hydrogen (secondary N) is 1. The minimum atomic E-state index is -0.295. The fourth-order valence-corrected chi connectivity index (χ4v) is 2.57. The molecule has 1 N–H and O–H groups in total. The van der Waals surface area contributed by atoms with Crippen molar-refractivity contribution in [2.75, 3.05) is 6.54 Å². The van der Waals surface area contributed by atoms with Gasteiger partial charge in [0, 0.05) is 11.9 Å². The van der Waals surface area contributed by atoms with Crippen LogP contribution in [-0.4, -0.2) is 12.5 Å². The number of fused-ring (bicyclic) bond motifs is 3. The van der Waals surface area contributed by atoms with Gasteiger partial charge < -0.3 is 5.32 Å². The lowest BCUT2D eigenvalue weighted by Crippen LogP contribution is -2.23. The van der Waals surface area contributed by atoms with E-state index in [9.17, 15) is 9.90 Å². The zero-order chi connectivity index (χ0) is 14.8. The summed E-state index contributed by atoms with van der Waals surface area (Å²) in [6.07, 6.45) is 0.845. The van der Waals surface area contributed by atoms with Gasteiger partial charge >= 0.3 is 0 Å². The first-order valence-electron chi connectivity index (χ1n) is 7.12. The summed E-state index contributed by atoms with van der Waals surface area (Å²) >= 11 is 0. The number of benzene rings is 3. The van der Waals surface area contributed by atoms with Crippen LogP contribution in [0.25, 0.3) is 21.5 Å². The van der Waals surface area contributed by atoms with Crippen molar-refractivity contribution in [3.63, 3.8) is 0 Å². The number of hydrogen-bond acceptors (Lipinski definition) is 1. The highest BCUT2D eigenvalue weighted by Crippen LogP contribution is 2.33. The van der Waals surface area contributed by atoms with Gasteiger partial charge in [0.15, 0.2) is 5.75 Å². The summed E-state index contributed by atoms with van der Waals surface area (Å²) in [5, 5.41) is 18.9. The molecule has 0 fully saturated rings. The van der Waals surface area contributed by atoms with Gasteiger partial charge in [-0.1, -0.05) is 43.3 Å². The highest BCUT2D eigenvalue weighted by atomic mass is 16.3. The van der Waals surface area contributed by atoms with Crippen LogP contribution in [0.1, 0.15) is 23.7 Å². The predicted molar refractivity (Wildman–Crippen MR) is 84.2 cm³/mol. The standard InChI is InChI=1S/C18H16NO2/c1-2-11-19-18(21)16-10-9-14-13-6-4-3-5-12(13)7-8-15(14)17(16)20/h3-10H,2,11H2,1H3,(H,19,21). The molecular formula is C18H16NO2. The van der Waals surface area contributed by atoms with Gasteiger partial charge in [0.05, 0.1) is 5.56 Å². The molecule has 0 spiro atoms. The summed E-state index contributed by atoms with van der Waals surface area (Å²) in [6.45, 7) is 2.55. The molecule has 0 saturated carbocycles. The second kappa shape index (κ2) is 5.44. The van der Waals surface area contributed by atoms with E-state index in [1.165, 1.54) is 0 Å². The van der Waals surface area contributed by atoms with Crippen LogP contribution in [-0.2, 0) is 5.11 Å². The maximum absolute atomic E-state index is 12.5. The van der Waals surface area contributed by atoms with Gasteiger partial charge in [-0.25, -0.2) is 0 Å². The Bertz CT molecular complexity index is 824. The smallest absolute Gasteiger partial charge is 0.255 e. The second-order valence-corrected chi connectivity index (χ2v) is 5.08. The van der Waals surface area contributed by atoms with E-state index >= 15 is 0 Å². The van der Waals surface area contributed by atoms with Gasteiger partial charge in [-0.3, -0.25) is 9.90 Å². The molecule has 0 bridgehead atoms. The third kappa shape index (κ3) is 2.31. The minimum absolute atomic E-state index is 0.202. The third-order valence-corrected chi connectivity index (χ3v) is 3.66. The first kappa shape index (κ1) is 13.4. The summed E-state index contributed by atoms with van der Waals surface area (Å²) in [5.74, 6) is -0.497. The van der Waals surface area contributed by atoms with Crippen molar-refractivity contribution in [2.45, 2.75) is 13.3 Å². The Hall–Kier alpha value is -2.55. The second-order valence-electron chi connectivity index (χ2n) is 5.08. The monoisotopic (exact) mass is 278 g/mol. The van der Waals surface area contributed by atoms with Crippen LogP contribution in [0.2, 0.25) is 0 Å². The van der Waals surface area contributed by atoms with Crippen LogP contribution in [0.15, 0.2) is 48.5 Å². The Morgan fingerprint density at radius 2 is 1.71 bits per heavy atom. The molecule has 3 aromatic rings. The average molecular weight is 278 g/mol. The molecule has 0 aliphatic carbocycles. The quantitative estimate of drug-likeness (QED) is 0.714. The van der Waals surface area contributed by atoms with E-state index in [2.05, 4.69) is 5.32 Å². The average Bonchev–Trinajstić information content (AvgIpc) is 2.52. The van der Waals surface area contributed by atoms with Crippen molar-refractivity contribution in [2.24, 2.45) is 0 Å². The van der Waals surface area contributed by atoms with E-state index in [-0.39, 0.29) is 17.2 Å². The summed E-state index contributed by atoms with van der Waals surface area (Å²) in [4.78, 5) is 12.0. The maximum Gasteiger partial charge on any atom is 0.255 e. The molecule has 0 saturated heterocycles. The Kier molecular flexibility index (Phi) is 3.48. The predicted octanol–water partition coefficient (Wildman–Crippen LogP) is 4.28. The molecule has 0 unspecified atom stereocenters. The van der Waals surface area contributed by atoms with E-state index in [0.29, 0.717) is 11.9 Å². The molecule has 0 heterocycles. The van der Waals surface area contributed by atoms with Crippen LogP contribution in [0.4, 0.5) is 0 Å². The van der Waals surface area contributed by atoms with Crippen molar-refractivity contribution in [3.8, 4) is 5.75 Å². The zero-order valence-electron chi connectivity index (χ0n) is 11.8. The largest absolute Gasteiger partial charge is 0.352 e. The summed E-state index contributed by atoms with van der Waals surface area (Å²) in [7, 11) is 0. The Morgan fingerprint density at radius 1 is 0.952 bits per heavy atom. The highest BCUT2D eigenvalue weighted by Gasteiger charge is 2.15. The molecule has 0 aromatic heterocycles. The van der Waals surface area contributed by atoms with Crippen LogP contribution >= 0.6 is 0 Å². The Balaban J connectivity index is 2.17. The molecule has 0 atom stereocenters. The van der Waals surface area contributed by atoms with Crippen LogP contribution in [0, 0.1) is 0 Å². The van der Waals surface area contributed by atoms with Crippen molar-refractivity contribution in [3.05, 3.63) is 54.1 Å². The summed E-state index contributed by atoms with van der Waals surface area (Å²) in [6, 6.07) is 15.1. The van der Waals surface area contributed by atoms with Gasteiger partial charge in [-0.15, -0.1) is 0 Å². The SMILES string of the molecule is CCCNC(=O)c1ccc2c(ccc3ccccc32)c1[O].